The van der Waals surface area contributed by atoms with Crippen LogP contribution in [-0.4, -0.2) is 51.2 Å². The van der Waals surface area contributed by atoms with E-state index in [1.807, 2.05) is 36.1 Å². The molecule has 1 aliphatic heterocycles. The SMILES string of the molecule is C[C@H]1CN(C(=O)c2sc3ccccc3c2CS(C)(=O)=O)CCN1. The van der Waals surface area contributed by atoms with Crippen molar-refractivity contribution in [3.8, 4) is 0 Å². The molecule has 5 nitrogen and oxygen atoms in total. The van der Waals surface area contributed by atoms with Crippen molar-refractivity contribution in [2.45, 2.75) is 18.7 Å². The number of benzene rings is 1. The first-order chi connectivity index (χ1) is 10.8. The average molecular weight is 352 g/mol. The van der Waals surface area contributed by atoms with E-state index in [4.69, 9.17) is 0 Å². The summed E-state index contributed by atoms with van der Waals surface area (Å²) in [6, 6.07) is 7.86. The lowest BCUT2D eigenvalue weighted by Crippen LogP contribution is -2.51. The first kappa shape index (κ1) is 16.4. The first-order valence-corrected chi connectivity index (χ1v) is 10.4. The predicted molar refractivity (Wildman–Crippen MR) is 93.7 cm³/mol. The molecule has 0 aliphatic carbocycles. The molecule has 1 atom stereocenters. The van der Waals surface area contributed by atoms with Crippen LogP contribution in [0.15, 0.2) is 24.3 Å². The molecule has 1 fully saturated rings. The number of amides is 1. The van der Waals surface area contributed by atoms with Gasteiger partial charge in [0, 0.05) is 36.6 Å². The smallest absolute Gasteiger partial charge is 0.264 e. The molecule has 1 aromatic heterocycles. The summed E-state index contributed by atoms with van der Waals surface area (Å²) in [4.78, 5) is 15.3. The Morgan fingerprint density at radius 2 is 2.13 bits per heavy atom. The van der Waals surface area contributed by atoms with E-state index in [2.05, 4.69) is 5.32 Å². The standard InChI is InChI=1S/C16H20N2O3S2/c1-11-9-18(8-7-17-11)16(19)15-13(10-23(2,20)21)12-5-3-4-6-14(12)22-15/h3-6,11,17H,7-10H2,1-2H3/t11-/m0/s1. The fourth-order valence-corrected chi connectivity index (χ4v) is 5.04. The van der Waals surface area contributed by atoms with Gasteiger partial charge in [0.15, 0.2) is 9.84 Å². The minimum atomic E-state index is -3.21. The van der Waals surface area contributed by atoms with Gasteiger partial charge in [-0.3, -0.25) is 4.79 Å². The third-order valence-electron chi connectivity index (χ3n) is 3.96. The summed E-state index contributed by atoms with van der Waals surface area (Å²) in [5.74, 6) is -0.155. The van der Waals surface area contributed by atoms with Crippen LogP contribution < -0.4 is 5.32 Å². The van der Waals surface area contributed by atoms with Crippen LogP contribution in [0.25, 0.3) is 10.1 Å². The molecule has 1 saturated heterocycles. The summed E-state index contributed by atoms with van der Waals surface area (Å²) in [6.45, 7) is 4.10. The number of thiophene rings is 1. The molecular formula is C16H20N2O3S2. The fraction of sp³-hybridized carbons (Fsp3) is 0.438. The normalized spacial score (nSPS) is 19.2. The van der Waals surface area contributed by atoms with Gasteiger partial charge in [-0.1, -0.05) is 18.2 Å². The van der Waals surface area contributed by atoms with Crippen molar-refractivity contribution < 1.29 is 13.2 Å². The average Bonchev–Trinajstić information content (AvgIpc) is 2.83. The zero-order valence-electron chi connectivity index (χ0n) is 13.2. The highest BCUT2D eigenvalue weighted by Crippen LogP contribution is 2.33. The van der Waals surface area contributed by atoms with E-state index >= 15 is 0 Å². The third-order valence-corrected chi connectivity index (χ3v) is 5.97. The number of nitrogens with zero attached hydrogens (tertiary/aromatic N) is 1. The van der Waals surface area contributed by atoms with Gasteiger partial charge in [0.25, 0.3) is 5.91 Å². The Kier molecular flexibility index (Phi) is 4.44. The number of sulfone groups is 1. The van der Waals surface area contributed by atoms with E-state index in [1.54, 1.807) is 0 Å². The zero-order chi connectivity index (χ0) is 16.6. The Morgan fingerprint density at radius 3 is 2.83 bits per heavy atom. The highest BCUT2D eigenvalue weighted by atomic mass is 32.2. The van der Waals surface area contributed by atoms with Crippen molar-refractivity contribution in [2.75, 3.05) is 25.9 Å². The Labute approximate surface area is 140 Å². The first-order valence-electron chi connectivity index (χ1n) is 7.56. The van der Waals surface area contributed by atoms with E-state index in [-0.39, 0.29) is 17.7 Å². The van der Waals surface area contributed by atoms with E-state index in [9.17, 15) is 13.2 Å². The minimum Gasteiger partial charge on any atom is -0.335 e. The second-order valence-corrected chi connectivity index (χ2v) is 9.27. The van der Waals surface area contributed by atoms with E-state index in [0.29, 0.717) is 23.5 Å². The highest BCUT2D eigenvalue weighted by molar-refractivity contribution is 7.89. The summed E-state index contributed by atoms with van der Waals surface area (Å²) in [5, 5.41) is 4.18. The van der Waals surface area contributed by atoms with E-state index < -0.39 is 9.84 Å². The summed E-state index contributed by atoms with van der Waals surface area (Å²) in [5.41, 5.74) is 0.643. The fourth-order valence-electron chi connectivity index (χ4n) is 2.94. The number of hydrogen-bond donors (Lipinski definition) is 1. The number of piperazine rings is 1. The van der Waals surface area contributed by atoms with Crippen molar-refractivity contribution in [3.05, 3.63) is 34.7 Å². The third kappa shape index (κ3) is 3.57. The maximum Gasteiger partial charge on any atom is 0.264 e. The van der Waals surface area contributed by atoms with Crippen LogP contribution in [0.1, 0.15) is 22.2 Å². The lowest BCUT2D eigenvalue weighted by atomic mass is 10.1. The zero-order valence-corrected chi connectivity index (χ0v) is 14.8. The Morgan fingerprint density at radius 1 is 1.39 bits per heavy atom. The van der Waals surface area contributed by atoms with Gasteiger partial charge in [-0.05, 0) is 23.9 Å². The molecule has 124 valence electrons. The van der Waals surface area contributed by atoms with Crippen LogP contribution >= 0.6 is 11.3 Å². The van der Waals surface area contributed by atoms with Crippen LogP contribution in [0.3, 0.4) is 0 Å². The van der Waals surface area contributed by atoms with Gasteiger partial charge in [0.1, 0.15) is 0 Å². The Hall–Kier alpha value is -1.44. The number of carbonyl (C=O) groups is 1. The quantitative estimate of drug-likeness (QED) is 0.916. The number of carbonyl (C=O) groups excluding carboxylic acids is 1. The van der Waals surface area contributed by atoms with Crippen LogP contribution in [0.5, 0.6) is 0 Å². The largest absolute Gasteiger partial charge is 0.335 e. The van der Waals surface area contributed by atoms with Gasteiger partial charge in [0.2, 0.25) is 0 Å². The van der Waals surface area contributed by atoms with Crippen molar-refractivity contribution in [2.24, 2.45) is 0 Å². The Bertz CT molecular complexity index is 842. The molecule has 2 aromatic rings. The molecule has 1 amide bonds. The van der Waals surface area contributed by atoms with Crippen LogP contribution in [0.2, 0.25) is 0 Å². The molecule has 0 bridgehead atoms. The maximum absolute atomic E-state index is 12.9. The molecule has 1 aromatic carbocycles. The number of rotatable bonds is 3. The highest BCUT2D eigenvalue weighted by Gasteiger charge is 2.27. The molecule has 7 heteroatoms. The van der Waals surface area contributed by atoms with Crippen molar-refractivity contribution in [1.29, 1.82) is 0 Å². The molecule has 0 unspecified atom stereocenters. The van der Waals surface area contributed by atoms with Crippen molar-refractivity contribution in [1.82, 2.24) is 10.2 Å². The summed E-state index contributed by atoms with van der Waals surface area (Å²) < 4.78 is 24.6. The molecule has 1 aliphatic rings. The molecule has 0 saturated carbocycles. The molecular weight excluding hydrogens is 332 g/mol. The second kappa shape index (κ2) is 6.22. The van der Waals surface area contributed by atoms with Gasteiger partial charge >= 0.3 is 0 Å². The molecule has 23 heavy (non-hydrogen) atoms. The molecule has 1 N–H and O–H groups in total. The maximum atomic E-state index is 12.9. The lowest BCUT2D eigenvalue weighted by molar-refractivity contribution is 0.0713. The van der Waals surface area contributed by atoms with Crippen molar-refractivity contribution in [3.63, 3.8) is 0 Å². The second-order valence-electron chi connectivity index (χ2n) is 6.08. The number of hydrogen-bond acceptors (Lipinski definition) is 5. The summed E-state index contributed by atoms with van der Waals surface area (Å²) in [6.07, 6.45) is 1.21. The van der Waals surface area contributed by atoms with Gasteiger partial charge in [0.05, 0.1) is 10.6 Å². The molecule has 0 radical (unpaired) electrons. The van der Waals surface area contributed by atoms with Gasteiger partial charge in [-0.25, -0.2) is 8.42 Å². The van der Waals surface area contributed by atoms with Crippen molar-refractivity contribution >= 4 is 37.2 Å². The van der Waals surface area contributed by atoms with E-state index in [0.717, 1.165) is 16.6 Å². The van der Waals surface area contributed by atoms with Crippen LogP contribution in [0, 0.1) is 0 Å². The van der Waals surface area contributed by atoms with Crippen LogP contribution in [0.4, 0.5) is 0 Å². The lowest BCUT2D eigenvalue weighted by Gasteiger charge is -2.31. The van der Waals surface area contributed by atoms with Crippen LogP contribution in [-0.2, 0) is 15.6 Å². The number of nitrogens with one attached hydrogen (secondary N) is 1. The molecule has 3 rings (SSSR count). The molecule has 0 spiro atoms. The van der Waals surface area contributed by atoms with Gasteiger partial charge in [-0.15, -0.1) is 11.3 Å². The summed E-state index contributed by atoms with van der Waals surface area (Å²) in [7, 11) is -3.21. The molecule has 2 heterocycles. The minimum absolute atomic E-state index is 0.0572. The summed E-state index contributed by atoms with van der Waals surface area (Å²) >= 11 is 1.39. The monoisotopic (exact) mass is 352 g/mol. The van der Waals surface area contributed by atoms with Gasteiger partial charge < -0.3 is 10.2 Å². The predicted octanol–water partition coefficient (Wildman–Crippen LogP) is 1.88. The number of fused-ring (bicyclic) bond motifs is 1. The topological polar surface area (TPSA) is 66.5 Å². The van der Waals surface area contributed by atoms with Gasteiger partial charge in [-0.2, -0.15) is 0 Å². The van der Waals surface area contributed by atoms with E-state index in [1.165, 1.54) is 17.6 Å². The Balaban J connectivity index is 2.05.